The number of amides is 2. The lowest BCUT2D eigenvalue weighted by atomic mass is 10.1. The zero-order valence-corrected chi connectivity index (χ0v) is 19.3. The van der Waals surface area contributed by atoms with E-state index in [1.54, 1.807) is 18.2 Å². The zero-order valence-electron chi connectivity index (χ0n) is 18.5. The summed E-state index contributed by atoms with van der Waals surface area (Å²) < 4.78 is 27.7. The molecule has 2 amide bonds. The fraction of sp³-hybridized carbons (Fsp3) is 0.417. The number of nitrogens with one attached hydrogen (secondary N) is 1. The first-order valence-corrected chi connectivity index (χ1v) is 12.5. The molecule has 8 heteroatoms. The highest BCUT2D eigenvalue weighted by molar-refractivity contribution is 7.89. The van der Waals surface area contributed by atoms with Crippen LogP contribution in [-0.2, 0) is 32.6 Å². The molecule has 1 fully saturated rings. The molecule has 2 aliphatic rings. The van der Waals surface area contributed by atoms with E-state index < -0.39 is 16.1 Å². The highest BCUT2D eigenvalue weighted by atomic mass is 32.2. The van der Waals surface area contributed by atoms with Crippen LogP contribution in [0.4, 0.5) is 5.69 Å². The number of aryl methyl sites for hydroxylation is 1. The first-order chi connectivity index (χ1) is 15.3. The number of piperidine rings is 1. The second-order valence-electron chi connectivity index (χ2n) is 8.51. The number of carbonyl (C=O) groups is 2. The van der Waals surface area contributed by atoms with E-state index in [2.05, 4.69) is 5.32 Å². The summed E-state index contributed by atoms with van der Waals surface area (Å²) >= 11 is 0. The van der Waals surface area contributed by atoms with E-state index in [1.807, 2.05) is 31.2 Å². The van der Waals surface area contributed by atoms with Crippen molar-refractivity contribution in [1.82, 2.24) is 9.62 Å². The van der Waals surface area contributed by atoms with Gasteiger partial charge in [-0.3, -0.25) is 14.5 Å². The van der Waals surface area contributed by atoms with E-state index in [-0.39, 0.29) is 23.1 Å². The van der Waals surface area contributed by atoms with Crippen molar-refractivity contribution in [3.63, 3.8) is 0 Å². The number of hydrogen-bond acceptors (Lipinski definition) is 4. The number of rotatable bonds is 5. The van der Waals surface area contributed by atoms with Crippen LogP contribution in [0.2, 0.25) is 0 Å². The molecule has 1 N–H and O–H groups in total. The van der Waals surface area contributed by atoms with Crippen molar-refractivity contribution in [2.45, 2.75) is 57.0 Å². The molecule has 0 aliphatic carbocycles. The number of nitrogens with zero attached hydrogens (tertiary/aromatic N) is 2. The van der Waals surface area contributed by atoms with Crippen molar-refractivity contribution in [3.8, 4) is 0 Å². The summed E-state index contributed by atoms with van der Waals surface area (Å²) in [6, 6.07) is 11.9. The molecule has 0 spiro atoms. The van der Waals surface area contributed by atoms with Crippen LogP contribution in [0.25, 0.3) is 0 Å². The molecule has 2 aromatic rings. The third kappa shape index (κ3) is 4.29. The summed E-state index contributed by atoms with van der Waals surface area (Å²) in [5, 5.41) is 2.94. The van der Waals surface area contributed by atoms with Crippen LogP contribution in [0, 0.1) is 6.92 Å². The van der Waals surface area contributed by atoms with Gasteiger partial charge < -0.3 is 5.32 Å². The van der Waals surface area contributed by atoms with E-state index in [4.69, 9.17) is 0 Å². The maximum Gasteiger partial charge on any atom is 0.243 e. The quantitative estimate of drug-likeness (QED) is 0.751. The van der Waals surface area contributed by atoms with Gasteiger partial charge in [-0.2, -0.15) is 4.31 Å². The molecule has 170 valence electrons. The fourth-order valence-corrected chi connectivity index (χ4v) is 6.12. The summed E-state index contributed by atoms with van der Waals surface area (Å²) in [5.74, 6) is -0.494. The average molecular weight is 456 g/mol. The van der Waals surface area contributed by atoms with Gasteiger partial charge in [0, 0.05) is 38.7 Å². The Hall–Kier alpha value is -2.71. The Kier molecular flexibility index (Phi) is 6.35. The van der Waals surface area contributed by atoms with Gasteiger partial charge in [0.1, 0.15) is 6.04 Å². The Bertz CT molecular complexity index is 1140. The third-order valence-corrected chi connectivity index (χ3v) is 8.24. The lowest BCUT2D eigenvalue weighted by Gasteiger charge is -2.26. The Morgan fingerprint density at radius 1 is 1.06 bits per heavy atom. The molecule has 2 aliphatic heterocycles. The van der Waals surface area contributed by atoms with Gasteiger partial charge in [0.05, 0.1) is 4.90 Å². The van der Waals surface area contributed by atoms with Crippen LogP contribution < -0.4 is 10.2 Å². The number of carbonyl (C=O) groups excluding carboxylic acids is 2. The minimum absolute atomic E-state index is 0.225. The smallest absolute Gasteiger partial charge is 0.243 e. The second-order valence-corrected chi connectivity index (χ2v) is 10.4. The number of fused-ring (bicyclic) bond motifs is 1. The maximum absolute atomic E-state index is 13.1. The largest absolute Gasteiger partial charge is 0.350 e. The number of anilines is 1. The van der Waals surface area contributed by atoms with Crippen molar-refractivity contribution < 1.29 is 18.0 Å². The molecule has 2 aromatic carbocycles. The van der Waals surface area contributed by atoms with Gasteiger partial charge in [0.15, 0.2) is 0 Å². The first kappa shape index (κ1) is 22.5. The molecule has 0 aromatic heterocycles. The summed E-state index contributed by atoms with van der Waals surface area (Å²) in [5.41, 5.74) is 3.40. The molecule has 7 nitrogen and oxygen atoms in total. The van der Waals surface area contributed by atoms with Gasteiger partial charge >= 0.3 is 0 Å². The predicted molar refractivity (Wildman–Crippen MR) is 123 cm³/mol. The lowest BCUT2D eigenvalue weighted by molar-refractivity contribution is -0.125. The summed E-state index contributed by atoms with van der Waals surface area (Å²) in [6.45, 7) is 4.85. The second kappa shape index (κ2) is 9.03. The monoisotopic (exact) mass is 455 g/mol. The normalized spacial score (nSPS) is 18.9. The van der Waals surface area contributed by atoms with E-state index in [9.17, 15) is 18.0 Å². The molecule has 0 bridgehead atoms. The SMILES string of the molecule is CC(=O)N1c2ccc(S(=O)(=O)N3CCCCC3)cc2C[C@H]1C(=O)NCc1ccccc1C. The van der Waals surface area contributed by atoms with Crippen molar-refractivity contribution in [1.29, 1.82) is 0 Å². The zero-order chi connectivity index (χ0) is 22.9. The molecule has 0 unspecified atom stereocenters. The van der Waals surface area contributed by atoms with Crippen LogP contribution in [0.5, 0.6) is 0 Å². The van der Waals surface area contributed by atoms with Crippen LogP contribution >= 0.6 is 0 Å². The molecule has 32 heavy (non-hydrogen) atoms. The summed E-state index contributed by atoms with van der Waals surface area (Å²) in [6.07, 6.45) is 3.07. The van der Waals surface area contributed by atoms with Crippen molar-refractivity contribution >= 4 is 27.5 Å². The maximum atomic E-state index is 13.1. The molecular formula is C24H29N3O4S. The van der Waals surface area contributed by atoms with Gasteiger partial charge in [-0.25, -0.2) is 8.42 Å². The number of sulfonamides is 1. The van der Waals surface area contributed by atoms with Gasteiger partial charge in [0.2, 0.25) is 21.8 Å². The minimum atomic E-state index is -3.58. The van der Waals surface area contributed by atoms with E-state index >= 15 is 0 Å². The summed E-state index contributed by atoms with van der Waals surface area (Å²) in [7, 11) is -3.58. The summed E-state index contributed by atoms with van der Waals surface area (Å²) in [4.78, 5) is 27.1. The number of hydrogen-bond donors (Lipinski definition) is 1. The van der Waals surface area contributed by atoms with Crippen molar-refractivity contribution in [2.24, 2.45) is 0 Å². The Labute approximate surface area is 189 Å². The lowest BCUT2D eigenvalue weighted by Crippen LogP contribution is -2.47. The molecule has 4 rings (SSSR count). The minimum Gasteiger partial charge on any atom is -0.350 e. The van der Waals surface area contributed by atoms with E-state index in [0.29, 0.717) is 30.9 Å². The molecule has 0 saturated carbocycles. The fourth-order valence-electron chi connectivity index (χ4n) is 4.55. The Morgan fingerprint density at radius 3 is 2.47 bits per heavy atom. The van der Waals surface area contributed by atoms with Gasteiger partial charge in [-0.15, -0.1) is 0 Å². The standard InChI is InChI=1S/C24H29N3O4S/c1-17-8-4-5-9-19(17)16-25-24(29)23-15-20-14-21(10-11-22(20)27(23)18(2)28)32(30,31)26-12-6-3-7-13-26/h4-5,8-11,14,23H,3,6-7,12-13,15-16H2,1-2H3,(H,25,29)/t23-/m0/s1. The van der Waals surface area contributed by atoms with E-state index in [0.717, 1.165) is 30.4 Å². The first-order valence-electron chi connectivity index (χ1n) is 11.0. The van der Waals surface area contributed by atoms with Crippen LogP contribution in [-0.4, -0.2) is 43.7 Å². The van der Waals surface area contributed by atoms with Gasteiger partial charge in [0.25, 0.3) is 0 Å². The van der Waals surface area contributed by atoms with Gasteiger partial charge in [-0.1, -0.05) is 30.7 Å². The molecule has 0 radical (unpaired) electrons. The molecular weight excluding hydrogens is 426 g/mol. The topological polar surface area (TPSA) is 86.8 Å². The van der Waals surface area contributed by atoms with Crippen LogP contribution in [0.3, 0.4) is 0 Å². The Morgan fingerprint density at radius 2 is 1.78 bits per heavy atom. The molecule has 2 heterocycles. The van der Waals surface area contributed by atoms with Crippen molar-refractivity contribution in [2.75, 3.05) is 18.0 Å². The third-order valence-electron chi connectivity index (χ3n) is 6.34. The van der Waals surface area contributed by atoms with Crippen LogP contribution in [0.1, 0.15) is 42.9 Å². The van der Waals surface area contributed by atoms with Crippen LogP contribution in [0.15, 0.2) is 47.4 Å². The number of benzene rings is 2. The average Bonchev–Trinajstić information content (AvgIpc) is 3.18. The molecule has 1 saturated heterocycles. The highest BCUT2D eigenvalue weighted by Crippen LogP contribution is 2.35. The van der Waals surface area contributed by atoms with E-state index in [1.165, 1.54) is 16.1 Å². The highest BCUT2D eigenvalue weighted by Gasteiger charge is 2.38. The van der Waals surface area contributed by atoms with Gasteiger partial charge in [-0.05, 0) is 54.7 Å². The Balaban J connectivity index is 1.55. The van der Waals surface area contributed by atoms with Crippen molar-refractivity contribution in [3.05, 3.63) is 59.2 Å². The predicted octanol–water partition coefficient (Wildman–Crippen LogP) is 2.76. The molecule has 1 atom stereocenters.